The van der Waals surface area contributed by atoms with E-state index in [0.29, 0.717) is 0 Å². The lowest BCUT2D eigenvalue weighted by Crippen LogP contribution is -2.58. The fraction of sp³-hybridized carbons (Fsp3) is 1.00. The topological polar surface area (TPSA) is 38.5 Å². The average Bonchev–Trinajstić information content (AvgIpc) is 2.40. The van der Waals surface area contributed by atoms with Crippen LogP contribution in [0.2, 0.25) is 0 Å². The zero-order valence-corrected chi connectivity index (χ0v) is 9.00. The fourth-order valence-electron chi connectivity index (χ4n) is 2.25. The zero-order valence-electron chi connectivity index (χ0n) is 9.00. The van der Waals surface area contributed by atoms with Crippen molar-refractivity contribution in [2.45, 2.75) is 37.6 Å². The Bertz CT molecular complexity index is 172. The summed E-state index contributed by atoms with van der Waals surface area (Å²) in [5.74, 6) is 0. The first-order valence-corrected chi connectivity index (χ1v) is 5.88. The van der Waals surface area contributed by atoms with E-state index >= 15 is 0 Å². The lowest BCUT2D eigenvalue weighted by atomic mass is 9.94. The Balaban J connectivity index is 1.68. The van der Waals surface area contributed by atoms with Crippen molar-refractivity contribution in [2.24, 2.45) is 5.73 Å². The Morgan fingerprint density at radius 3 is 2.21 bits per heavy atom. The van der Waals surface area contributed by atoms with Crippen molar-refractivity contribution in [1.82, 2.24) is 4.90 Å². The lowest BCUT2D eigenvalue weighted by molar-refractivity contribution is -0.0604. The van der Waals surface area contributed by atoms with Crippen molar-refractivity contribution < 1.29 is 4.74 Å². The molecule has 2 fully saturated rings. The summed E-state index contributed by atoms with van der Waals surface area (Å²) in [6, 6.07) is 0. The molecule has 0 spiro atoms. The van der Waals surface area contributed by atoms with E-state index in [4.69, 9.17) is 10.5 Å². The predicted octanol–water partition coefficient (Wildman–Crippen LogP) is 0.980. The minimum atomic E-state index is 0.00625. The third-order valence-electron chi connectivity index (χ3n) is 3.40. The number of nitrogens with two attached hydrogens (primary N) is 1. The molecule has 2 rings (SSSR count). The van der Waals surface area contributed by atoms with Gasteiger partial charge in [0.25, 0.3) is 0 Å². The van der Waals surface area contributed by atoms with E-state index in [1.54, 1.807) is 0 Å². The highest BCUT2D eigenvalue weighted by molar-refractivity contribution is 4.91. The van der Waals surface area contributed by atoms with Crippen molar-refractivity contribution in [2.75, 3.05) is 32.8 Å². The highest BCUT2D eigenvalue weighted by atomic mass is 16.5. The Morgan fingerprint density at radius 2 is 1.71 bits per heavy atom. The fourth-order valence-corrected chi connectivity index (χ4v) is 2.25. The van der Waals surface area contributed by atoms with Gasteiger partial charge >= 0.3 is 0 Å². The molecule has 2 aliphatic heterocycles. The van der Waals surface area contributed by atoms with Gasteiger partial charge in [0.15, 0.2) is 0 Å². The average molecular weight is 198 g/mol. The maximum atomic E-state index is 6.11. The molecule has 0 aromatic heterocycles. The molecule has 0 radical (unpaired) electrons. The van der Waals surface area contributed by atoms with Gasteiger partial charge in [0.05, 0.1) is 18.8 Å². The summed E-state index contributed by atoms with van der Waals surface area (Å²) < 4.78 is 5.16. The number of hydrogen-bond acceptors (Lipinski definition) is 3. The van der Waals surface area contributed by atoms with Crippen LogP contribution >= 0.6 is 0 Å². The van der Waals surface area contributed by atoms with Gasteiger partial charge in [-0.15, -0.1) is 0 Å². The number of ether oxygens (including phenoxy) is 1. The molecule has 0 aromatic carbocycles. The summed E-state index contributed by atoms with van der Waals surface area (Å²) in [4.78, 5) is 2.57. The van der Waals surface area contributed by atoms with Crippen LogP contribution in [-0.2, 0) is 4.74 Å². The minimum Gasteiger partial charge on any atom is -0.377 e. The molecule has 0 aromatic rings. The Hall–Kier alpha value is -0.120. The van der Waals surface area contributed by atoms with Crippen LogP contribution in [0.15, 0.2) is 0 Å². The first kappa shape index (κ1) is 10.4. The first-order chi connectivity index (χ1) is 6.79. The normalized spacial score (nSPS) is 28.1. The third-order valence-corrected chi connectivity index (χ3v) is 3.40. The standard InChI is InChI=1S/C11H22N2O/c12-11(9-14-10-11)5-8-13-6-3-1-2-4-7-13/h1-10,12H2. The van der Waals surface area contributed by atoms with Gasteiger partial charge in [0, 0.05) is 6.54 Å². The molecule has 0 unspecified atom stereocenters. The zero-order chi connectivity index (χ0) is 9.86. The third kappa shape index (κ3) is 2.69. The van der Waals surface area contributed by atoms with Crippen LogP contribution in [0.25, 0.3) is 0 Å². The summed E-state index contributed by atoms with van der Waals surface area (Å²) in [6.45, 7) is 5.25. The van der Waals surface area contributed by atoms with Gasteiger partial charge in [0.1, 0.15) is 0 Å². The summed E-state index contributed by atoms with van der Waals surface area (Å²) >= 11 is 0. The smallest absolute Gasteiger partial charge is 0.0670 e. The largest absolute Gasteiger partial charge is 0.377 e. The molecular weight excluding hydrogens is 176 g/mol. The molecule has 0 aliphatic carbocycles. The van der Waals surface area contributed by atoms with Gasteiger partial charge in [-0.05, 0) is 32.4 Å². The van der Waals surface area contributed by atoms with E-state index in [9.17, 15) is 0 Å². The molecular formula is C11H22N2O. The Labute approximate surface area is 86.6 Å². The molecule has 2 aliphatic rings. The molecule has 14 heavy (non-hydrogen) atoms. The van der Waals surface area contributed by atoms with Crippen LogP contribution in [0.4, 0.5) is 0 Å². The molecule has 2 heterocycles. The Kier molecular flexibility index (Phi) is 3.42. The lowest BCUT2D eigenvalue weighted by Gasteiger charge is -2.39. The van der Waals surface area contributed by atoms with E-state index in [1.807, 2.05) is 0 Å². The second-order valence-electron chi connectivity index (χ2n) is 4.86. The first-order valence-electron chi connectivity index (χ1n) is 5.88. The maximum Gasteiger partial charge on any atom is 0.0670 e. The van der Waals surface area contributed by atoms with E-state index in [-0.39, 0.29) is 5.54 Å². The Morgan fingerprint density at radius 1 is 1.07 bits per heavy atom. The second kappa shape index (κ2) is 4.60. The minimum absolute atomic E-state index is 0.00625. The van der Waals surface area contributed by atoms with Crippen LogP contribution in [0.1, 0.15) is 32.1 Å². The van der Waals surface area contributed by atoms with Gasteiger partial charge < -0.3 is 15.4 Å². The van der Waals surface area contributed by atoms with Crippen LogP contribution in [0, 0.1) is 0 Å². The summed E-state index contributed by atoms with van der Waals surface area (Å²) in [5.41, 5.74) is 6.11. The summed E-state index contributed by atoms with van der Waals surface area (Å²) in [5, 5.41) is 0. The van der Waals surface area contributed by atoms with Crippen molar-refractivity contribution in [1.29, 1.82) is 0 Å². The van der Waals surface area contributed by atoms with Gasteiger partial charge in [-0.25, -0.2) is 0 Å². The highest BCUT2D eigenvalue weighted by Gasteiger charge is 2.33. The predicted molar refractivity (Wildman–Crippen MR) is 57.3 cm³/mol. The van der Waals surface area contributed by atoms with Crippen molar-refractivity contribution in [3.8, 4) is 0 Å². The highest BCUT2D eigenvalue weighted by Crippen LogP contribution is 2.19. The quantitative estimate of drug-likeness (QED) is 0.734. The molecule has 82 valence electrons. The van der Waals surface area contributed by atoms with Crippen LogP contribution in [-0.4, -0.2) is 43.3 Å². The molecule has 0 amide bonds. The number of hydrogen-bond donors (Lipinski definition) is 1. The van der Waals surface area contributed by atoms with Gasteiger partial charge in [-0.2, -0.15) is 0 Å². The van der Waals surface area contributed by atoms with E-state index in [0.717, 1.165) is 19.6 Å². The van der Waals surface area contributed by atoms with Gasteiger partial charge in [-0.3, -0.25) is 0 Å². The summed E-state index contributed by atoms with van der Waals surface area (Å²) in [7, 11) is 0. The van der Waals surface area contributed by atoms with E-state index in [1.165, 1.54) is 45.3 Å². The number of rotatable bonds is 3. The van der Waals surface area contributed by atoms with E-state index < -0.39 is 0 Å². The van der Waals surface area contributed by atoms with Crippen molar-refractivity contribution in [3.63, 3.8) is 0 Å². The molecule has 0 saturated carbocycles. The monoisotopic (exact) mass is 198 g/mol. The van der Waals surface area contributed by atoms with Crippen molar-refractivity contribution in [3.05, 3.63) is 0 Å². The van der Waals surface area contributed by atoms with E-state index in [2.05, 4.69) is 4.90 Å². The number of likely N-dealkylation sites (tertiary alicyclic amines) is 1. The summed E-state index contributed by atoms with van der Waals surface area (Å²) in [6.07, 6.45) is 6.66. The molecule has 2 saturated heterocycles. The van der Waals surface area contributed by atoms with Gasteiger partial charge in [0.2, 0.25) is 0 Å². The number of nitrogens with zero attached hydrogens (tertiary/aromatic N) is 1. The molecule has 0 atom stereocenters. The van der Waals surface area contributed by atoms with Crippen LogP contribution in [0.3, 0.4) is 0 Å². The van der Waals surface area contributed by atoms with Crippen LogP contribution in [0.5, 0.6) is 0 Å². The van der Waals surface area contributed by atoms with Crippen molar-refractivity contribution >= 4 is 0 Å². The molecule has 2 N–H and O–H groups in total. The second-order valence-corrected chi connectivity index (χ2v) is 4.86. The molecule has 3 nitrogen and oxygen atoms in total. The molecule has 0 bridgehead atoms. The molecule has 3 heteroatoms. The van der Waals surface area contributed by atoms with Gasteiger partial charge in [-0.1, -0.05) is 12.8 Å². The maximum absolute atomic E-state index is 6.11. The SMILES string of the molecule is NC1(CCN2CCCCCC2)COC1. The van der Waals surface area contributed by atoms with Crippen LogP contribution < -0.4 is 5.73 Å².